The molecule has 0 aliphatic heterocycles. The van der Waals surface area contributed by atoms with Gasteiger partial charge in [0.1, 0.15) is 18.6 Å². The van der Waals surface area contributed by atoms with Crippen molar-refractivity contribution < 1.29 is 24.3 Å². The van der Waals surface area contributed by atoms with E-state index in [1.165, 1.54) is 0 Å². The van der Waals surface area contributed by atoms with E-state index in [0.29, 0.717) is 0 Å². The van der Waals surface area contributed by atoms with E-state index in [9.17, 15) is 19.2 Å². The third kappa shape index (κ3) is 6.22. The van der Waals surface area contributed by atoms with Gasteiger partial charge in [0.05, 0.1) is 6.54 Å². The van der Waals surface area contributed by atoms with Crippen molar-refractivity contribution in [2.75, 3.05) is 18.8 Å². The number of carboxylic acids is 1. The summed E-state index contributed by atoms with van der Waals surface area (Å²) in [5, 5.41) is 16.9. The van der Waals surface area contributed by atoms with Crippen LogP contribution in [-0.4, -0.2) is 64.7 Å². The Hall–Kier alpha value is -3.05. The lowest BCUT2D eigenvalue weighted by Gasteiger charge is -2.22. The maximum atomic E-state index is 12.6. The van der Waals surface area contributed by atoms with Gasteiger partial charge in [-0.3, -0.25) is 19.2 Å². The number of aliphatic carboxylic acids is 1. The van der Waals surface area contributed by atoms with Crippen LogP contribution >= 0.6 is 12.6 Å². The molecule has 0 spiro atoms. The maximum Gasteiger partial charge on any atom is 0.322 e. The maximum absolute atomic E-state index is 12.6. The largest absolute Gasteiger partial charge is 0.480 e. The quantitative estimate of drug-likeness (QED) is 0.237. The van der Waals surface area contributed by atoms with Crippen LogP contribution in [0.4, 0.5) is 0 Å². The molecule has 3 amide bonds. The molecule has 0 radical (unpaired) electrons. The highest BCUT2D eigenvalue weighted by molar-refractivity contribution is 7.80. The lowest BCUT2D eigenvalue weighted by atomic mass is 10.0. The van der Waals surface area contributed by atoms with Gasteiger partial charge in [0.25, 0.3) is 0 Å². The lowest BCUT2D eigenvalue weighted by Crippen LogP contribution is -2.56. The number of benzene rings is 1. The Morgan fingerprint density at radius 3 is 2.48 bits per heavy atom. The van der Waals surface area contributed by atoms with Gasteiger partial charge in [0.2, 0.25) is 17.7 Å². The Labute approximate surface area is 172 Å². The Morgan fingerprint density at radius 2 is 1.83 bits per heavy atom. The van der Waals surface area contributed by atoms with Crippen LogP contribution < -0.4 is 21.7 Å². The fourth-order valence-corrected chi connectivity index (χ4v) is 2.99. The summed E-state index contributed by atoms with van der Waals surface area (Å²) in [6.07, 6.45) is 1.84. The van der Waals surface area contributed by atoms with Gasteiger partial charge in [-0.15, -0.1) is 0 Å². The molecule has 0 saturated carbocycles. The van der Waals surface area contributed by atoms with Crippen LogP contribution in [0.1, 0.15) is 5.56 Å². The van der Waals surface area contributed by atoms with Gasteiger partial charge in [-0.2, -0.15) is 12.6 Å². The number of aromatic nitrogens is 1. The highest BCUT2D eigenvalue weighted by atomic mass is 32.1. The van der Waals surface area contributed by atoms with Gasteiger partial charge in [0.15, 0.2) is 0 Å². The lowest BCUT2D eigenvalue weighted by molar-refractivity contribution is -0.138. The molecule has 0 aliphatic rings. The minimum absolute atomic E-state index is 0.00583. The van der Waals surface area contributed by atoms with E-state index >= 15 is 0 Å². The van der Waals surface area contributed by atoms with Crippen LogP contribution in [0.2, 0.25) is 0 Å². The Bertz CT molecular complexity index is 900. The minimum atomic E-state index is -1.21. The number of thiol groups is 1. The number of H-pyrrole nitrogens is 1. The Morgan fingerprint density at radius 1 is 1.10 bits per heavy atom. The third-order valence-electron chi connectivity index (χ3n) is 4.17. The summed E-state index contributed by atoms with van der Waals surface area (Å²) in [4.78, 5) is 50.4. The third-order valence-corrected chi connectivity index (χ3v) is 4.53. The van der Waals surface area contributed by atoms with Crippen molar-refractivity contribution in [1.29, 1.82) is 0 Å². The number of carboxylic acid groups (broad SMARTS) is 1. The molecule has 29 heavy (non-hydrogen) atoms. The molecule has 2 aromatic rings. The van der Waals surface area contributed by atoms with Gasteiger partial charge in [-0.05, 0) is 11.6 Å². The van der Waals surface area contributed by atoms with Crippen LogP contribution in [-0.2, 0) is 25.6 Å². The fraction of sp³-hybridized carbons (Fsp3) is 0.333. The van der Waals surface area contributed by atoms with E-state index < -0.39 is 42.3 Å². The monoisotopic (exact) mass is 421 g/mol. The second-order valence-corrected chi connectivity index (χ2v) is 6.61. The van der Waals surface area contributed by atoms with Crippen LogP contribution in [0.15, 0.2) is 30.5 Å². The van der Waals surface area contributed by atoms with E-state index in [-0.39, 0.29) is 18.7 Å². The van der Waals surface area contributed by atoms with Crippen molar-refractivity contribution in [1.82, 2.24) is 20.9 Å². The molecule has 11 heteroatoms. The van der Waals surface area contributed by atoms with Crippen LogP contribution in [0, 0.1) is 0 Å². The van der Waals surface area contributed by atoms with Crippen molar-refractivity contribution in [3.05, 3.63) is 36.0 Å². The van der Waals surface area contributed by atoms with Gasteiger partial charge >= 0.3 is 5.97 Å². The van der Waals surface area contributed by atoms with E-state index in [4.69, 9.17) is 10.8 Å². The van der Waals surface area contributed by atoms with Gasteiger partial charge in [-0.25, -0.2) is 0 Å². The van der Waals surface area contributed by atoms with E-state index in [1.807, 2.05) is 24.3 Å². The summed E-state index contributed by atoms with van der Waals surface area (Å²) in [6.45, 7) is -0.881. The predicted molar refractivity (Wildman–Crippen MR) is 109 cm³/mol. The summed E-state index contributed by atoms with van der Waals surface area (Å²) < 4.78 is 0. The molecule has 2 unspecified atom stereocenters. The average molecular weight is 421 g/mol. The first-order valence-corrected chi connectivity index (χ1v) is 9.44. The number of aromatic amines is 1. The Kier molecular flexibility index (Phi) is 8.04. The van der Waals surface area contributed by atoms with E-state index in [1.54, 1.807) is 6.20 Å². The molecule has 2 rings (SSSR count). The first kappa shape index (κ1) is 22.2. The molecule has 0 saturated heterocycles. The summed E-state index contributed by atoms with van der Waals surface area (Å²) >= 11 is 4.05. The number of para-hydroxylation sites is 1. The summed E-state index contributed by atoms with van der Waals surface area (Å²) in [7, 11) is 0. The zero-order valence-corrected chi connectivity index (χ0v) is 16.4. The summed E-state index contributed by atoms with van der Waals surface area (Å²) in [5.41, 5.74) is 6.88. The number of rotatable bonds is 10. The SMILES string of the molecule is NCC(=O)NC(CS)C(=O)NC(Cc1c[nH]c2ccccc12)C(=O)NCC(=O)O. The number of amides is 3. The molecule has 1 heterocycles. The smallest absolute Gasteiger partial charge is 0.322 e. The van der Waals surface area contributed by atoms with Crippen LogP contribution in [0.25, 0.3) is 10.9 Å². The second-order valence-electron chi connectivity index (χ2n) is 6.24. The standard InChI is InChI=1S/C18H23N5O5S/c19-6-15(24)22-14(9-29)18(28)23-13(17(27)21-8-16(25)26)5-10-7-20-12-4-2-1-3-11(10)12/h1-4,7,13-14,20,29H,5-6,8-9,19H2,(H,21,27)(H,22,24)(H,23,28)(H,25,26). The molecule has 10 nitrogen and oxygen atoms in total. The molecule has 0 fully saturated rings. The summed E-state index contributed by atoms with van der Waals surface area (Å²) in [5.74, 6) is -3.04. The molecule has 1 aromatic heterocycles. The molecule has 2 atom stereocenters. The Balaban J connectivity index is 2.20. The molecular formula is C18H23N5O5S. The molecule has 1 aromatic carbocycles. The highest BCUT2D eigenvalue weighted by Crippen LogP contribution is 2.19. The van der Waals surface area contributed by atoms with E-state index in [0.717, 1.165) is 16.5 Å². The zero-order chi connectivity index (χ0) is 21.4. The van der Waals surface area contributed by atoms with Crippen molar-refractivity contribution >= 4 is 47.2 Å². The number of hydrogen-bond donors (Lipinski definition) is 7. The van der Waals surface area contributed by atoms with E-state index in [2.05, 4.69) is 33.6 Å². The summed E-state index contributed by atoms with van der Waals surface area (Å²) in [6, 6.07) is 5.39. The van der Waals surface area contributed by atoms with Gasteiger partial charge in [0, 0.05) is 29.3 Å². The fourth-order valence-electron chi connectivity index (χ4n) is 2.74. The number of nitrogens with one attached hydrogen (secondary N) is 4. The minimum Gasteiger partial charge on any atom is -0.480 e. The molecular weight excluding hydrogens is 398 g/mol. The second kappa shape index (κ2) is 10.5. The average Bonchev–Trinajstić information content (AvgIpc) is 3.12. The number of hydrogen-bond acceptors (Lipinski definition) is 6. The number of carbonyl (C=O) groups excluding carboxylic acids is 3. The van der Waals surface area contributed by atoms with Gasteiger partial charge < -0.3 is 31.8 Å². The number of carbonyl (C=O) groups is 4. The van der Waals surface area contributed by atoms with Crippen LogP contribution in [0.3, 0.4) is 0 Å². The first-order valence-electron chi connectivity index (χ1n) is 8.80. The van der Waals surface area contributed by atoms with Crippen LogP contribution in [0.5, 0.6) is 0 Å². The molecule has 7 N–H and O–H groups in total. The van der Waals surface area contributed by atoms with Gasteiger partial charge in [-0.1, -0.05) is 18.2 Å². The first-order chi connectivity index (χ1) is 13.8. The normalized spacial score (nSPS) is 12.8. The number of fused-ring (bicyclic) bond motifs is 1. The zero-order valence-electron chi connectivity index (χ0n) is 15.5. The van der Waals surface area contributed by atoms with Crippen molar-refractivity contribution in [3.63, 3.8) is 0 Å². The number of nitrogens with two attached hydrogens (primary N) is 1. The van der Waals surface area contributed by atoms with Crippen molar-refractivity contribution in [2.24, 2.45) is 5.73 Å². The molecule has 0 bridgehead atoms. The van der Waals surface area contributed by atoms with Crippen molar-refractivity contribution in [3.8, 4) is 0 Å². The predicted octanol–water partition coefficient (Wildman–Crippen LogP) is -1.23. The van der Waals surface area contributed by atoms with Crippen molar-refractivity contribution in [2.45, 2.75) is 18.5 Å². The molecule has 156 valence electrons. The molecule has 0 aliphatic carbocycles. The highest BCUT2D eigenvalue weighted by Gasteiger charge is 2.27. The topological polar surface area (TPSA) is 166 Å².